The van der Waals surface area contributed by atoms with E-state index in [0.717, 1.165) is 29.5 Å². The molecule has 1 atom stereocenters. The highest BCUT2D eigenvalue weighted by atomic mass is 32.2. The summed E-state index contributed by atoms with van der Waals surface area (Å²) in [5.41, 5.74) is 1.38. The molecular formula is C18H24N4O3S2. The fourth-order valence-electron chi connectivity index (χ4n) is 2.81. The van der Waals surface area contributed by atoms with Crippen molar-refractivity contribution in [2.75, 3.05) is 12.3 Å². The third-order valence-corrected chi connectivity index (χ3v) is 6.24. The van der Waals surface area contributed by atoms with Gasteiger partial charge in [-0.1, -0.05) is 32.5 Å². The number of fused-ring (bicyclic) bond motifs is 1. The van der Waals surface area contributed by atoms with Crippen LogP contribution in [0.5, 0.6) is 0 Å². The smallest absolute Gasteiger partial charge is 0.321 e. The number of imide groups is 1. The molecule has 3 amide bonds. The van der Waals surface area contributed by atoms with E-state index in [4.69, 9.17) is 4.42 Å². The Bertz CT molecular complexity index is 815. The van der Waals surface area contributed by atoms with Gasteiger partial charge in [-0.05, 0) is 42.7 Å². The van der Waals surface area contributed by atoms with Crippen molar-refractivity contribution < 1.29 is 14.0 Å². The second-order valence-electron chi connectivity index (χ2n) is 7.22. The zero-order valence-corrected chi connectivity index (χ0v) is 17.3. The molecule has 3 rings (SSSR count). The molecule has 0 saturated heterocycles. The van der Waals surface area contributed by atoms with E-state index in [2.05, 4.69) is 33.8 Å². The summed E-state index contributed by atoms with van der Waals surface area (Å²) in [5.74, 6) is 1.16. The molecule has 0 unspecified atom stereocenters. The number of amides is 3. The molecule has 0 fully saturated rings. The third-order valence-electron chi connectivity index (χ3n) is 4.20. The Labute approximate surface area is 166 Å². The van der Waals surface area contributed by atoms with Crippen molar-refractivity contribution in [3.63, 3.8) is 0 Å². The zero-order chi connectivity index (χ0) is 19.4. The molecule has 1 aliphatic carbocycles. The summed E-state index contributed by atoms with van der Waals surface area (Å²) in [6, 6.07) is 1.66. The molecule has 1 aliphatic rings. The topological polar surface area (TPSA) is 97.1 Å². The SMILES string of the molecule is CC(C)CNC(=O)NC(=O)CSc1nnc(-c2cc3c(s2)CC[C@H](C)C3)o1. The monoisotopic (exact) mass is 408 g/mol. The number of aryl methyl sites for hydroxylation is 1. The minimum absolute atomic E-state index is 0.0369. The van der Waals surface area contributed by atoms with Gasteiger partial charge in [-0.15, -0.1) is 21.5 Å². The number of carbonyl (C=O) groups excluding carboxylic acids is 2. The number of rotatable bonds is 6. The van der Waals surface area contributed by atoms with Crippen molar-refractivity contribution >= 4 is 35.0 Å². The van der Waals surface area contributed by atoms with E-state index < -0.39 is 11.9 Å². The molecule has 2 aromatic rings. The van der Waals surface area contributed by atoms with Crippen LogP contribution in [0.1, 0.15) is 37.6 Å². The van der Waals surface area contributed by atoms with Crippen LogP contribution in [0.4, 0.5) is 4.79 Å². The number of aromatic nitrogens is 2. The summed E-state index contributed by atoms with van der Waals surface area (Å²) in [5, 5.41) is 13.3. The molecule has 2 heterocycles. The Morgan fingerprint density at radius 3 is 3.00 bits per heavy atom. The molecule has 0 saturated carbocycles. The lowest BCUT2D eigenvalue weighted by atomic mass is 9.90. The van der Waals surface area contributed by atoms with Crippen LogP contribution in [0.3, 0.4) is 0 Å². The molecule has 0 spiro atoms. The molecule has 146 valence electrons. The van der Waals surface area contributed by atoms with Gasteiger partial charge in [0.15, 0.2) is 0 Å². The maximum absolute atomic E-state index is 11.8. The Kier molecular flexibility index (Phi) is 6.54. The molecule has 0 bridgehead atoms. The molecule has 0 aliphatic heterocycles. The van der Waals surface area contributed by atoms with Crippen LogP contribution in [0.15, 0.2) is 15.7 Å². The summed E-state index contributed by atoms with van der Waals surface area (Å²) < 4.78 is 5.68. The highest BCUT2D eigenvalue weighted by Crippen LogP contribution is 2.37. The van der Waals surface area contributed by atoms with Gasteiger partial charge < -0.3 is 9.73 Å². The molecule has 2 N–H and O–H groups in total. The summed E-state index contributed by atoms with van der Waals surface area (Å²) in [6.45, 7) is 6.75. The molecule has 7 nitrogen and oxygen atoms in total. The predicted molar refractivity (Wildman–Crippen MR) is 106 cm³/mol. The molecular weight excluding hydrogens is 384 g/mol. The first-order valence-corrected chi connectivity index (χ1v) is 10.9. The first-order chi connectivity index (χ1) is 12.9. The van der Waals surface area contributed by atoms with Gasteiger partial charge >= 0.3 is 6.03 Å². The van der Waals surface area contributed by atoms with Gasteiger partial charge in [-0.2, -0.15) is 0 Å². The minimum Gasteiger partial charge on any atom is -0.410 e. The van der Waals surface area contributed by atoms with E-state index in [0.29, 0.717) is 29.5 Å². The highest BCUT2D eigenvalue weighted by molar-refractivity contribution is 7.99. The number of hydrogen-bond donors (Lipinski definition) is 2. The Morgan fingerprint density at radius 1 is 1.41 bits per heavy atom. The number of hydrogen-bond acceptors (Lipinski definition) is 7. The Morgan fingerprint density at radius 2 is 2.22 bits per heavy atom. The quantitative estimate of drug-likeness (QED) is 0.710. The number of nitrogens with one attached hydrogen (secondary N) is 2. The van der Waals surface area contributed by atoms with Crippen molar-refractivity contribution in [1.29, 1.82) is 0 Å². The van der Waals surface area contributed by atoms with Crippen LogP contribution >= 0.6 is 23.1 Å². The molecule has 0 aromatic carbocycles. The van der Waals surface area contributed by atoms with Crippen LogP contribution in [0, 0.1) is 11.8 Å². The van der Waals surface area contributed by atoms with Crippen molar-refractivity contribution in [3.05, 3.63) is 16.5 Å². The fraction of sp³-hybridized carbons (Fsp3) is 0.556. The average molecular weight is 409 g/mol. The van der Waals surface area contributed by atoms with E-state index in [9.17, 15) is 9.59 Å². The van der Waals surface area contributed by atoms with Crippen LogP contribution in [-0.4, -0.2) is 34.4 Å². The lowest BCUT2D eigenvalue weighted by Gasteiger charge is -2.16. The average Bonchev–Trinajstić information content (AvgIpc) is 3.24. The van der Waals surface area contributed by atoms with Crippen LogP contribution in [-0.2, 0) is 17.6 Å². The molecule has 27 heavy (non-hydrogen) atoms. The van der Waals surface area contributed by atoms with E-state index in [-0.39, 0.29) is 5.75 Å². The van der Waals surface area contributed by atoms with Gasteiger partial charge in [0, 0.05) is 11.4 Å². The van der Waals surface area contributed by atoms with Crippen molar-refractivity contribution in [1.82, 2.24) is 20.8 Å². The molecule has 9 heteroatoms. The van der Waals surface area contributed by atoms with Gasteiger partial charge in [-0.25, -0.2) is 4.79 Å². The van der Waals surface area contributed by atoms with Crippen LogP contribution in [0.2, 0.25) is 0 Å². The number of nitrogens with zero attached hydrogens (tertiary/aromatic N) is 2. The lowest BCUT2D eigenvalue weighted by Crippen LogP contribution is -2.41. The number of carbonyl (C=O) groups is 2. The van der Waals surface area contributed by atoms with Gasteiger partial charge in [-0.3, -0.25) is 10.1 Å². The minimum atomic E-state index is -0.487. The summed E-state index contributed by atoms with van der Waals surface area (Å²) >= 11 is 2.82. The highest BCUT2D eigenvalue weighted by Gasteiger charge is 2.21. The molecule has 0 radical (unpaired) electrons. The first kappa shape index (κ1) is 19.9. The second-order valence-corrected chi connectivity index (χ2v) is 9.28. The van der Waals surface area contributed by atoms with E-state index in [1.165, 1.54) is 16.9 Å². The van der Waals surface area contributed by atoms with Gasteiger partial charge in [0.25, 0.3) is 11.1 Å². The third kappa shape index (κ3) is 5.55. The lowest BCUT2D eigenvalue weighted by molar-refractivity contribution is -0.117. The fourth-order valence-corrected chi connectivity index (χ4v) is 4.50. The van der Waals surface area contributed by atoms with E-state index in [1.807, 2.05) is 13.8 Å². The first-order valence-electron chi connectivity index (χ1n) is 9.06. The zero-order valence-electron chi connectivity index (χ0n) is 15.7. The van der Waals surface area contributed by atoms with Gasteiger partial charge in [0.05, 0.1) is 10.6 Å². The van der Waals surface area contributed by atoms with Crippen molar-refractivity contribution in [2.45, 2.75) is 45.3 Å². The maximum atomic E-state index is 11.8. The number of urea groups is 1. The summed E-state index contributed by atoms with van der Waals surface area (Å²) in [4.78, 5) is 25.8. The van der Waals surface area contributed by atoms with Crippen molar-refractivity contribution in [2.24, 2.45) is 11.8 Å². The van der Waals surface area contributed by atoms with Crippen LogP contribution in [0.25, 0.3) is 10.8 Å². The Balaban J connectivity index is 1.51. The summed E-state index contributed by atoms with van der Waals surface area (Å²) in [7, 11) is 0. The number of thiophene rings is 1. The summed E-state index contributed by atoms with van der Waals surface area (Å²) in [6.07, 6.45) is 3.42. The molecule has 2 aromatic heterocycles. The largest absolute Gasteiger partial charge is 0.410 e. The standard InChI is InChI=1S/C18H24N4O3S2/c1-10(2)8-19-17(24)20-15(23)9-26-18-22-21-16(25-18)14-7-12-6-11(3)4-5-13(12)27-14/h7,10-11H,4-6,8-9H2,1-3H3,(H2,19,20,23,24)/t11-/m0/s1. The van der Waals surface area contributed by atoms with E-state index >= 15 is 0 Å². The van der Waals surface area contributed by atoms with Crippen LogP contribution < -0.4 is 10.6 Å². The van der Waals surface area contributed by atoms with Crippen molar-refractivity contribution in [3.8, 4) is 10.8 Å². The number of thioether (sulfide) groups is 1. The maximum Gasteiger partial charge on any atom is 0.321 e. The predicted octanol–water partition coefficient (Wildman–Crippen LogP) is 3.50. The van der Waals surface area contributed by atoms with Gasteiger partial charge in [0.1, 0.15) is 0 Å². The van der Waals surface area contributed by atoms with E-state index in [1.54, 1.807) is 11.3 Å². The van der Waals surface area contributed by atoms with Gasteiger partial charge in [0.2, 0.25) is 5.91 Å². The normalized spacial score (nSPS) is 16.2. The second kappa shape index (κ2) is 8.88. The Hall–Kier alpha value is -1.87.